The number of hydrogen-bond donors (Lipinski definition) is 1. The number of hydrogen-bond acceptors (Lipinski definition) is 5. The van der Waals surface area contributed by atoms with Crippen LogP contribution in [0.4, 0.5) is 21.9 Å². The summed E-state index contributed by atoms with van der Waals surface area (Å²) in [6.45, 7) is 4.85. The van der Waals surface area contributed by atoms with Gasteiger partial charge in [0, 0.05) is 6.07 Å². The number of fused-ring (bicyclic) bond motifs is 1. The molecule has 0 radical (unpaired) electrons. The van der Waals surface area contributed by atoms with Crippen molar-refractivity contribution in [2.45, 2.75) is 26.4 Å². The molecule has 21 heavy (non-hydrogen) atoms. The average molecular weight is 293 g/mol. The van der Waals surface area contributed by atoms with Crippen molar-refractivity contribution in [3.05, 3.63) is 28.3 Å². The fourth-order valence-corrected chi connectivity index (χ4v) is 1.92. The predicted octanol–water partition coefficient (Wildman–Crippen LogP) is 2.29. The van der Waals surface area contributed by atoms with Gasteiger partial charge >= 0.3 is 6.09 Å². The Morgan fingerprint density at radius 3 is 2.67 bits per heavy atom. The first kappa shape index (κ1) is 14.8. The Morgan fingerprint density at radius 2 is 2.10 bits per heavy atom. The Hall–Kier alpha value is -2.64. The molecule has 1 aromatic rings. The predicted molar refractivity (Wildman–Crippen MR) is 75.3 cm³/mol. The fourth-order valence-electron chi connectivity index (χ4n) is 1.92. The molecule has 0 spiro atoms. The van der Waals surface area contributed by atoms with Crippen molar-refractivity contribution in [1.29, 1.82) is 0 Å². The van der Waals surface area contributed by atoms with Gasteiger partial charge in [-0.25, -0.2) is 4.79 Å². The molecule has 0 fully saturated rings. The van der Waals surface area contributed by atoms with Crippen LogP contribution in [0.25, 0.3) is 0 Å². The van der Waals surface area contributed by atoms with Crippen LogP contribution in [0.5, 0.6) is 0 Å². The third-order valence-corrected chi connectivity index (χ3v) is 2.69. The number of nitro groups is 1. The van der Waals surface area contributed by atoms with Gasteiger partial charge < -0.3 is 10.1 Å². The molecule has 0 aromatic heterocycles. The third kappa shape index (κ3) is 3.10. The number of anilines is 2. The molecule has 0 atom stereocenters. The summed E-state index contributed by atoms with van der Waals surface area (Å²) >= 11 is 0. The van der Waals surface area contributed by atoms with Gasteiger partial charge in [-0.1, -0.05) is 6.07 Å². The van der Waals surface area contributed by atoms with Crippen LogP contribution in [0.1, 0.15) is 20.8 Å². The average Bonchev–Trinajstić information content (AvgIpc) is 2.34. The first-order valence-electron chi connectivity index (χ1n) is 6.27. The molecule has 0 unspecified atom stereocenters. The van der Waals surface area contributed by atoms with E-state index in [9.17, 15) is 19.7 Å². The zero-order valence-electron chi connectivity index (χ0n) is 11.9. The van der Waals surface area contributed by atoms with E-state index in [0.717, 1.165) is 4.90 Å². The molecule has 8 heteroatoms. The number of nitrogens with one attached hydrogen (secondary N) is 1. The number of benzene rings is 1. The Bertz CT molecular complexity index is 621. The SMILES string of the molecule is CC(C)(C)OC(=O)N1CC(=O)Nc2c1cccc2[N+](=O)[O-]. The van der Waals surface area contributed by atoms with Gasteiger partial charge in [-0.2, -0.15) is 0 Å². The molecule has 1 heterocycles. The number of carbonyl (C=O) groups excluding carboxylic acids is 2. The smallest absolute Gasteiger partial charge is 0.415 e. The van der Waals surface area contributed by atoms with Crippen LogP contribution in [0.15, 0.2) is 18.2 Å². The fraction of sp³-hybridized carbons (Fsp3) is 0.385. The van der Waals surface area contributed by atoms with Crippen molar-refractivity contribution < 1.29 is 19.2 Å². The number of carbonyl (C=O) groups is 2. The minimum absolute atomic E-state index is 0.00427. The van der Waals surface area contributed by atoms with E-state index in [1.165, 1.54) is 18.2 Å². The Kier molecular flexibility index (Phi) is 3.54. The highest BCUT2D eigenvalue weighted by Gasteiger charge is 2.34. The van der Waals surface area contributed by atoms with E-state index in [4.69, 9.17) is 4.74 Å². The van der Waals surface area contributed by atoms with E-state index in [-0.39, 0.29) is 23.6 Å². The molecule has 0 bridgehead atoms. The summed E-state index contributed by atoms with van der Waals surface area (Å²) in [6, 6.07) is 4.23. The molecule has 0 aliphatic carbocycles. The van der Waals surface area contributed by atoms with Crippen LogP contribution in [-0.2, 0) is 9.53 Å². The first-order valence-corrected chi connectivity index (χ1v) is 6.27. The van der Waals surface area contributed by atoms with E-state index in [1.807, 2.05) is 0 Å². The standard InChI is InChI=1S/C13H15N3O5/c1-13(2,3)21-12(18)15-7-10(17)14-11-8(15)5-4-6-9(11)16(19)20/h4-6H,7H2,1-3H3,(H,14,17). The highest BCUT2D eigenvalue weighted by molar-refractivity contribution is 6.10. The molecule has 8 nitrogen and oxygen atoms in total. The molecule has 1 aliphatic heterocycles. The molecule has 1 N–H and O–H groups in total. The normalized spacial score (nSPS) is 14.2. The molecule has 2 rings (SSSR count). The first-order chi connectivity index (χ1) is 9.69. The second-order valence-electron chi connectivity index (χ2n) is 5.54. The van der Waals surface area contributed by atoms with E-state index in [0.29, 0.717) is 0 Å². The lowest BCUT2D eigenvalue weighted by Gasteiger charge is -2.30. The summed E-state index contributed by atoms with van der Waals surface area (Å²) in [6.07, 6.45) is -0.723. The number of ether oxygens (including phenoxy) is 1. The largest absolute Gasteiger partial charge is 0.443 e. The maximum atomic E-state index is 12.2. The summed E-state index contributed by atoms with van der Waals surface area (Å²) in [4.78, 5) is 35.3. The molecule has 0 saturated heterocycles. The lowest BCUT2D eigenvalue weighted by molar-refractivity contribution is -0.383. The molecule has 112 valence electrons. The van der Waals surface area contributed by atoms with Crippen LogP contribution in [-0.4, -0.2) is 29.1 Å². The maximum absolute atomic E-state index is 12.2. The number of nitrogens with zero attached hydrogens (tertiary/aromatic N) is 2. The number of amides is 2. The quantitative estimate of drug-likeness (QED) is 0.632. The summed E-state index contributed by atoms with van der Waals surface area (Å²) in [5.41, 5.74) is -0.747. The van der Waals surface area contributed by atoms with Crippen LogP contribution in [0, 0.1) is 10.1 Å². The van der Waals surface area contributed by atoms with Crippen molar-refractivity contribution in [1.82, 2.24) is 0 Å². The Morgan fingerprint density at radius 1 is 1.43 bits per heavy atom. The van der Waals surface area contributed by atoms with Crippen molar-refractivity contribution in [2.24, 2.45) is 0 Å². The topological polar surface area (TPSA) is 102 Å². The van der Waals surface area contributed by atoms with E-state index in [2.05, 4.69) is 5.32 Å². The maximum Gasteiger partial charge on any atom is 0.415 e. The van der Waals surface area contributed by atoms with Gasteiger partial charge in [-0.3, -0.25) is 19.8 Å². The summed E-state index contributed by atoms with van der Waals surface area (Å²) in [5.74, 6) is -0.511. The van der Waals surface area contributed by atoms with Crippen molar-refractivity contribution in [3.63, 3.8) is 0 Å². The molecule has 1 aliphatic rings. The zero-order chi connectivity index (χ0) is 15.8. The lowest BCUT2D eigenvalue weighted by atomic mass is 10.1. The Labute approximate surface area is 120 Å². The van der Waals surface area contributed by atoms with Crippen LogP contribution in [0.3, 0.4) is 0 Å². The summed E-state index contributed by atoms with van der Waals surface area (Å²) < 4.78 is 5.22. The number of nitro benzene ring substituents is 1. The van der Waals surface area contributed by atoms with Gasteiger partial charge in [0.1, 0.15) is 17.8 Å². The van der Waals surface area contributed by atoms with Crippen molar-refractivity contribution in [3.8, 4) is 0 Å². The minimum atomic E-state index is -0.730. The highest BCUT2D eigenvalue weighted by Crippen LogP contribution is 2.37. The second kappa shape index (κ2) is 5.04. The van der Waals surface area contributed by atoms with Gasteiger partial charge in [-0.15, -0.1) is 0 Å². The van der Waals surface area contributed by atoms with Gasteiger partial charge in [0.2, 0.25) is 5.91 Å². The van der Waals surface area contributed by atoms with E-state index >= 15 is 0 Å². The highest BCUT2D eigenvalue weighted by atomic mass is 16.6. The van der Waals surface area contributed by atoms with E-state index in [1.54, 1.807) is 20.8 Å². The number of rotatable bonds is 1. The van der Waals surface area contributed by atoms with Crippen molar-refractivity contribution >= 4 is 29.1 Å². The molecular weight excluding hydrogens is 278 g/mol. The minimum Gasteiger partial charge on any atom is -0.443 e. The van der Waals surface area contributed by atoms with Gasteiger partial charge in [0.25, 0.3) is 5.69 Å². The monoisotopic (exact) mass is 293 g/mol. The van der Waals surface area contributed by atoms with Crippen LogP contribution >= 0.6 is 0 Å². The zero-order valence-corrected chi connectivity index (χ0v) is 11.9. The second-order valence-corrected chi connectivity index (χ2v) is 5.54. The molecular formula is C13H15N3O5. The van der Waals surface area contributed by atoms with Gasteiger partial charge in [-0.05, 0) is 26.8 Å². The number of para-hydroxylation sites is 1. The van der Waals surface area contributed by atoms with Gasteiger partial charge in [0.15, 0.2) is 0 Å². The Balaban J connectivity index is 2.44. The summed E-state index contributed by atoms with van der Waals surface area (Å²) in [5, 5.41) is 13.4. The lowest BCUT2D eigenvalue weighted by Crippen LogP contribution is -2.44. The van der Waals surface area contributed by atoms with Crippen molar-refractivity contribution in [2.75, 3.05) is 16.8 Å². The third-order valence-electron chi connectivity index (χ3n) is 2.69. The van der Waals surface area contributed by atoms with Crippen LogP contribution < -0.4 is 10.2 Å². The molecule has 1 aromatic carbocycles. The summed E-state index contributed by atoms with van der Waals surface area (Å²) in [7, 11) is 0. The van der Waals surface area contributed by atoms with Crippen LogP contribution in [0.2, 0.25) is 0 Å². The molecule has 2 amide bonds. The van der Waals surface area contributed by atoms with Gasteiger partial charge in [0.05, 0.1) is 10.6 Å². The van der Waals surface area contributed by atoms with E-state index < -0.39 is 22.5 Å². The molecule has 0 saturated carbocycles.